The Hall–Kier alpha value is -2.68. The SMILES string of the molecule is CC[C@H]1OC(=O)[C@H](C)[C@H](O)[C@H](C)[C@@H](O[C@@H]2O[C@H](C)C[C@H]3[C@H]2OC(=O)N3C)[C@](C)(OC(C)=O)C[C@@H](C)CN(C)C[C@@H](OC(=O)O)C1(C)C. The molecule has 0 radical (unpaired) electrons. The minimum atomic E-state index is -1.44. The van der Waals surface area contributed by atoms with Crippen LogP contribution < -0.4 is 0 Å². The number of esters is 2. The molecule has 0 unspecified atom stereocenters. The minimum absolute atomic E-state index is 0.148. The number of fused-ring (bicyclic) bond motifs is 1. The lowest BCUT2D eigenvalue weighted by Crippen LogP contribution is -2.58. The summed E-state index contributed by atoms with van der Waals surface area (Å²) in [5, 5.41) is 21.4. The third kappa shape index (κ3) is 8.87. The lowest BCUT2D eigenvalue weighted by Gasteiger charge is -2.46. The van der Waals surface area contributed by atoms with Crippen molar-refractivity contribution in [2.45, 2.75) is 136 Å². The van der Waals surface area contributed by atoms with Crippen LogP contribution in [0.3, 0.4) is 0 Å². The van der Waals surface area contributed by atoms with Gasteiger partial charge in [-0.3, -0.25) is 9.59 Å². The molecule has 1 amide bonds. The van der Waals surface area contributed by atoms with E-state index < -0.39 is 83.8 Å². The first kappa shape index (κ1) is 38.8. The Morgan fingerprint density at radius 2 is 1.68 bits per heavy atom. The molecular weight excluding hydrogens is 616 g/mol. The number of hydrogen-bond donors (Lipinski definition) is 2. The number of carbonyl (C=O) groups is 4. The van der Waals surface area contributed by atoms with E-state index in [0.717, 1.165) is 0 Å². The van der Waals surface area contributed by atoms with E-state index in [1.165, 1.54) is 11.8 Å². The molecule has 3 saturated heterocycles. The molecule has 270 valence electrons. The summed E-state index contributed by atoms with van der Waals surface area (Å²) in [6.45, 7) is 16.2. The molecule has 3 aliphatic heterocycles. The molecule has 3 fully saturated rings. The monoisotopic (exact) mass is 672 g/mol. The Bertz CT molecular complexity index is 1130. The van der Waals surface area contributed by atoms with Gasteiger partial charge in [0, 0.05) is 38.4 Å². The average Bonchev–Trinajstić information content (AvgIpc) is 3.24. The molecule has 0 aromatic carbocycles. The molecule has 3 rings (SSSR count). The topological polar surface area (TPSA) is 171 Å². The maximum atomic E-state index is 13.6. The van der Waals surface area contributed by atoms with Gasteiger partial charge < -0.3 is 48.4 Å². The molecule has 14 heteroatoms. The van der Waals surface area contributed by atoms with E-state index in [-0.39, 0.29) is 31.0 Å². The van der Waals surface area contributed by atoms with Gasteiger partial charge in [0.05, 0.1) is 24.2 Å². The van der Waals surface area contributed by atoms with Gasteiger partial charge in [0.15, 0.2) is 12.4 Å². The fourth-order valence-corrected chi connectivity index (χ4v) is 7.67. The Labute approximate surface area is 278 Å². The Morgan fingerprint density at radius 3 is 2.26 bits per heavy atom. The Balaban J connectivity index is 2.10. The number of amides is 1. The summed E-state index contributed by atoms with van der Waals surface area (Å²) in [4.78, 5) is 54.1. The van der Waals surface area contributed by atoms with Crippen molar-refractivity contribution in [1.82, 2.24) is 9.80 Å². The summed E-state index contributed by atoms with van der Waals surface area (Å²) < 4.78 is 35.9. The number of carboxylic acid groups (broad SMARTS) is 1. The molecular formula is C33H56N2O12. The predicted octanol–water partition coefficient (Wildman–Crippen LogP) is 3.66. The van der Waals surface area contributed by atoms with Gasteiger partial charge in [0.25, 0.3) is 0 Å². The van der Waals surface area contributed by atoms with Crippen LogP contribution in [-0.4, -0.2) is 126 Å². The first-order valence-corrected chi connectivity index (χ1v) is 16.6. The van der Waals surface area contributed by atoms with Gasteiger partial charge in [-0.25, -0.2) is 9.59 Å². The van der Waals surface area contributed by atoms with E-state index in [1.807, 2.05) is 32.7 Å². The van der Waals surface area contributed by atoms with Crippen molar-refractivity contribution < 1.29 is 57.8 Å². The minimum Gasteiger partial charge on any atom is -0.461 e. The molecule has 0 bridgehead atoms. The highest BCUT2D eigenvalue weighted by Crippen LogP contribution is 2.40. The van der Waals surface area contributed by atoms with E-state index in [2.05, 4.69) is 0 Å². The van der Waals surface area contributed by atoms with Crippen molar-refractivity contribution in [2.24, 2.45) is 23.2 Å². The second-order valence-corrected chi connectivity index (χ2v) is 14.7. The van der Waals surface area contributed by atoms with Gasteiger partial charge in [-0.2, -0.15) is 0 Å². The summed E-state index contributed by atoms with van der Waals surface area (Å²) >= 11 is 0. The largest absolute Gasteiger partial charge is 0.506 e. The molecule has 0 aliphatic carbocycles. The number of hydrogen-bond acceptors (Lipinski definition) is 12. The van der Waals surface area contributed by atoms with Crippen LogP contribution in [0.1, 0.15) is 81.6 Å². The molecule has 47 heavy (non-hydrogen) atoms. The van der Waals surface area contributed by atoms with Crippen molar-refractivity contribution in [3.8, 4) is 0 Å². The summed E-state index contributed by atoms with van der Waals surface area (Å²) in [5.41, 5.74) is -2.28. The van der Waals surface area contributed by atoms with E-state index in [4.69, 9.17) is 28.4 Å². The van der Waals surface area contributed by atoms with Crippen LogP contribution in [0.15, 0.2) is 0 Å². The number of ether oxygens (including phenoxy) is 6. The fourth-order valence-electron chi connectivity index (χ4n) is 7.67. The third-order valence-electron chi connectivity index (χ3n) is 10.2. The highest BCUT2D eigenvalue weighted by Gasteiger charge is 2.54. The molecule has 3 heterocycles. The normalized spacial score (nSPS) is 40.7. The van der Waals surface area contributed by atoms with E-state index in [9.17, 15) is 29.4 Å². The maximum absolute atomic E-state index is 13.6. The number of nitrogens with zero attached hydrogens (tertiary/aromatic N) is 2. The number of likely N-dealkylation sites (N-methyl/N-ethyl adjacent to an activating group) is 2. The van der Waals surface area contributed by atoms with Crippen molar-refractivity contribution >= 4 is 24.2 Å². The molecule has 0 spiro atoms. The Kier molecular flexibility index (Phi) is 12.6. The predicted molar refractivity (Wildman–Crippen MR) is 168 cm³/mol. The summed E-state index contributed by atoms with van der Waals surface area (Å²) in [6.07, 6.45) is -6.84. The van der Waals surface area contributed by atoms with Crippen LogP contribution >= 0.6 is 0 Å². The molecule has 14 nitrogen and oxygen atoms in total. The molecule has 0 aromatic heterocycles. The first-order chi connectivity index (χ1) is 21.7. The van der Waals surface area contributed by atoms with Gasteiger partial charge >= 0.3 is 24.2 Å². The molecule has 0 aromatic rings. The van der Waals surface area contributed by atoms with Gasteiger partial charge in [0.1, 0.15) is 23.9 Å². The van der Waals surface area contributed by atoms with Crippen molar-refractivity contribution in [3.05, 3.63) is 0 Å². The summed E-state index contributed by atoms with van der Waals surface area (Å²) in [7, 11) is 3.49. The van der Waals surface area contributed by atoms with E-state index in [0.29, 0.717) is 19.4 Å². The summed E-state index contributed by atoms with van der Waals surface area (Å²) in [6, 6.07) is -0.310. The molecule has 0 saturated carbocycles. The maximum Gasteiger partial charge on any atom is 0.506 e. The quantitative estimate of drug-likeness (QED) is 0.321. The van der Waals surface area contributed by atoms with Crippen LogP contribution in [0, 0.1) is 23.2 Å². The number of rotatable bonds is 5. The zero-order chi connectivity index (χ0) is 35.6. The van der Waals surface area contributed by atoms with Crippen LogP contribution in [-0.2, 0) is 38.0 Å². The average molecular weight is 673 g/mol. The van der Waals surface area contributed by atoms with Gasteiger partial charge in [0.2, 0.25) is 0 Å². The third-order valence-corrected chi connectivity index (χ3v) is 10.2. The number of cyclic esters (lactones) is 1. The van der Waals surface area contributed by atoms with Crippen LogP contribution in [0.2, 0.25) is 0 Å². The lowest BCUT2D eigenvalue weighted by atomic mass is 9.77. The molecule has 2 N–H and O–H groups in total. The highest BCUT2D eigenvalue weighted by molar-refractivity contribution is 5.73. The van der Waals surface area contributed by atoms with Gasteiger partial charge in [-0.1, -0.05) is 34.6 Å². The van der Waals surface area contributed by atoms with Crippen molar-refractivity contribution in [2.75, 3.05) is 27.2 Å². The number of carbonyl (C=O) groups excluding carboxylic acids is 3. The number of aliphatic hydroxyl groups is 1. The first-order valence-electron chi connectivity index (χ1n) is 16.6. The lowest BCUT2D eigenvalue weighted by molar-refractivity contribution is -0.290. The zero-order valence-electron chi connectivity index (χ0n) is 29.8. The number of aliphatic hydroxyl groups excluding tert-OH is 1. The molecule has 12 atom stereocenters. The highest BCUT2D eigenvalue weighted by atomic mass is 16.7. The zero-order valence-corrected chi connectivity index (χ0v) is 29.8. The van der Waals surface area contributed by atoms with Crippen molar-refractivity contribution in [3.63, 3.8) is 0 Å². The smallest absolute Gasteiger partial charge is 0.461 e. The van der Waals surface area contributed by atoms with Crippen molar-refractivity contribution in [1.29, 1.82) is 0 Å². The summed E-state index contributed by atoms with van der Waals surface area (Å²) in [5.74, 6) is -3.27. The van der Waals surface area contributed by atoms with Gasteiger partial charge in [-0.05, 0) is 53.0 Å². The van der Waals surface area contributed by atoms with Crippen LogP contribution in [0.4, 0.5) is 9.59 Å². The van der Waals surface area contributed by atoms with Crippen LogP contribution in [0.5, 0.6) is 0 Å². The van der Waals surface area contributed by atoms with Gasteiger partial charge in [-0.15, -0.1) is 0 Å². The standard InChI is InChI=1S/C33H56N2O12/c1-12-23-32(7,8)24(44-31(40)41)16-34(10)15-17(2)14-33(9,47-21(6)36)27(19(4)25(37)20(5)28(38)43-23)46-29-26-22(13-18(3)42-29)35(11)30(39)45-26/h17-20,22-27,29,37H,12-16H2,1-11H3,(H,40,41)/t17-,18-,19+,20-,22+,23-,24-,25-,26-,27-,29+,33-/m1/s1. The van der Waals surface area contributed by atoms with Crippen LogP contribution in [0.25, 0.3) is 0 Å². The van der Waals surface area contributed by atoms with E-state index in [1.54, 1.807) is 41.7 Å². The molecule has 3 aliphatic rings. The van der Waals surface area contributed by atoms with E-state index >= 15 is 0 Å². The fraction of sp³-hybridized carbons (Fsp3) is 0.879. The second-order valence-electron chi connectivity index (χ2n) is 14.7. The second kappa shape index (κ2) is 15.3. The Morgan fingerprint density at radius 1 is 1.04 bits per heavy atom.